The summed E-state index contributed by atoms with van der Waals surface area (Å²) in [6, 6.07) is 6.69. The van der Waals surface area contributed by atoms with Crippen LogP contribution in [-0.4, -0.2) is 17.6 Å². The average molecular weight is 257 g/mol. The number of benzene rings is 1. The Hall–Kier alpha value is -3.08. The van der Waals surface area contributed by atoms with Crippen LogP contribution in [0.25, 0.3) is 0 Å². The third-order valence-electron chi connectivity index (χ3n) is 2.50. The highest BCUT2D eigenvalue weighted by Gasteiger charge is 2.16. The second-order valence-corrected chi connectivity index (χ2v) is 3.74. The van der Waals surface area contributed by atoms with Gasteiger partial charge in [0.25, 0.3) is 0 Å². The lowest BCUT2D eigenvalue weighted by molar-refractivity contribution is 0.251. The second-order valence-electron chi connectivity index (χ2n) is 3.74. The van der Waals surface area contributed by atoms with Crippen molar-refractivity contribution in [1.29, 1.82) is 10.7 Å². The predicted octanol–water partition coefficient (Wildman–Crippen LogP) is 0.549. The summed E-state index contributed by atoms with van der Waals surface area (Å²) in [6.45, 7) is 0.349. The smallest absolute Gasteiger partial charge is 0.319 e. The largest absolute Gasteiger partial charge is 0.382 e. The Bertz CT molecular complexity index is 614. The minimum Gasteiger partial charge on any atom is -0.382 e. The summed E-state index contributed by atoms with van der Waals surface area (Å²) in [5, 5.41) is 24.9. The van der Waals surface area contributed by atoms with E-state index in [9.17, 15) is 4.79 Å². The number of amides is 2. The Labute approximate surface area is 108 Å². The van der Waals surface area contributed by atoms with Crippen molar-refractivity contribution in [3.05, 3.63) is 23.8 Å². The van der Waals surface area contributed by atoms with E-state index < -0.39 is 5.84 Å². The summed E-state index contributed by atoms with van der Waals surface area (Å²) in [4.78, 5) is 11.2. The van der Waals surface area contributed by atoms with Gasteiger partial charge in [0.2, 0.25) is 5.71 Å². The van der Waals surface area contributed by atoms with Gasteiger partial charge in [-0.3, -0.25) is 10.8 Å². The van der Waals surface area contributed by atoms with Gasteiger partial charge < -0.3 is 16.4 Å². The third kappa shape index (κ3) is 2.61. The van der Waals surface area contributed by atoms with Crippen molar-refractivity contribution >= 4 is 29.0 Å². The van der Waals surface area contributed by atoms with Crippen molar-refractivity contribution in [2.45, 2.75) is 6.54 Å². The molecule has 8 nitrogen and oxygen atoms in total. The molecule has 0 bridgehead atoms. The number of fused-ring (bicyclic) bond motifs is 1. The third-order valence-corrected chi connectivity index (χ3v) is 2.50. The van der Waals surface area contributed by atoms with Crippen LogP contribution in [0.5, 0.6) is 0 Å². The number of carbonyl (C=O) groups excluding carboxylic acids is 1. The van der Waals surface area contributed by atoms with Crippen molar-refractivity contribution in [2.75, 3.05) is 10.7 Å². The molecule has 1 aromatic rings. The molecule has 96 valence electrons. The first-order chi connectivity index (χ1) is 9.11. The number of hydrazone groups is 1. The Morgan fingerprint density at radius 1 is 1.58 bits per heavy atom. The van der Waals surface area contributed by atoms with Gasteiger partial charge in [-0.25, -0.2) is 4.79 Å². The lowest BCUT2D eigenvalue weighted by Crippen LogP contribution is -2.33. The van der Waals surface area contributed by atoms with Gasteiger partial charge >= 0.3 is 6.03 Å². The number of nitrogens with two attached hydrogens (primary N) is 1. The molecule has 0 unspecified atom stereocenters. The number of urea groups is 1. The van der Waals surface area contributed by atoms with E-state index in [1.165, 1.54) is 0 Å². The summed E-state index contributed by atoms with van der Waals surface area (Å²) in [7, 11) is 0. The minimum atomic E-state index is -0.411. The quantitative estimate of drug-likeness (QED) is 0.306. The molecule has 1 aliphatic rings. The highest BCUT2D eigenvalue weighted by Crippen LogP contribution is 2.26. The molecule has 0 spiro atoms. The number of nitrogens with zero attached hydrogens (tertiary/aromatic N) is 2. The van der Waals surface area contributed by atoms with Crippen molar-refractivity contribution < 1.29 is 4.79 Å². The Morgan fingerprint density at radius 2 is 2.37 bits per heavy atom. The van der Waals surface area contributed by atoms with E-state index in [0.717, 1.165) is 5.56 Å². The number of nitrogens with one attached hydrogen (secondary N) is 4. The highest BCUT2D eigenvalue weighted by molar-refractivity contribution is 6.45. The van der Waals surface area contributed by atoms with Crippen LogP contribution in [0, 0.1) is 16.7 Å². The van der Waals surface area contributed by atoms with Crippen LogP contribution in [0.1, 0.15) is 5.56 Å². The predicted molar refractivity (Wildman–Crippen MR) is 70.9 cm³/mol. The van der Waals surface area contributed by atoms with Crippen LogP contribution < -0.4 is 21.8 Å². The first-order valence-corrected chi connectivity index (χ1v) is 5.36. The highest BCUT2D eigenvalue weighted by atomic mass is 16.2. The molecule has 19 heavy (non-hydrogen) atoms. The first-order valence-electron chi connectivity index (χ1n) is 5.36. The summed E-state index contributed by atoms with van der Waals surface area (Å²) in [5.74, 6) is -0.411. The zero-order valence-corrected chi connectivity index (χ0v) is 9.82. The zero-order chi connectivity index (χ0) is 13.8. The molecule has 8 heteroatoms. The lowest BCUT2D eigenvalue weighted by atomic mass is 10.1. The van der Waals surface area contributed by atoms with Gasteiger partial charge in [-0.2, -0.15) is 10.4 Å². The molecule has 1 aromatic carbocycles. The van der Waals surface area contributed by atoms with Crippen LogP contribution in [0.3, 0.4) is 0 Å². The van der Waals surface area contributed by atoms with Gasteiger partial charge in [-0.1, -0.05) is 6.07 Å². The molecule has 2 amide bonds. The van der Waals surface area contributed by atoms with Crippen LogP contribution in [-0.2, 0) is 6.54 Å². The fourth-order valence-electron chi connectivity index (χ4n) is 1.60. The molecule has 0 aromatic heterocycles. The fourth-order valence-corrected chi connectivity index (χ4v) is 1.60. The molecular formula is C11H11N7O. The number of rotatable bonds is 3. The maximum absolute atomic E-state index is 11.2. The number of hydrogen-bond donors (Lipinski definition) is 5. The molecule has 0 fully saturated rings. The van der Waals surface area contributed by atoms with Gasteiger partial charge in [0.1, 0.15) is 6.07 Å². The molecule has 1 heterocycles. The van der Waals surface area contributed by atoms with E-state index in [0.29, 0.717) is 17.9 Å². The number of nitriles is 1. The molecule has 0 atom stereocenters. The summed E-state index contributed by atoms with van der Waals surface area (Å²) >= 11 is 0. The van der Waals surface area contributed by atoms with E-state index in [-0.39, 0.29) is 11.7 Å². The maximum Gasteiger partial charge on any atom is 0.319 e. The summed E-state index contributed by atoms with van der Waals surface area (Å²) in [5.41, 5.74) is 9.77. The first kappa shape index (κ1) is 12.4. The monoisotopic (exact) mass is 257 g/mol. The molecule has 2 rings (SSSR count). The average Bonchev–Trinajstić information content (AvgIpc) is 2.38. The van der Waals surface area contributed by atoms with Crippen LogP contribution >= 0.6 is 0 Å². The Kier molecular flexibility index (Phi) is 3.29. The van der Waals surface area contributed by atoms with E-state index >= 15 is 0 Å². The molecule has 0 saturated carbocycles. The maximum atomic E-state index is 11.2. The fraction of sp³-hybridized carbons (Fsp3) is 0.0909. The Morgan fingerprint density at radius 3 is 3.05 bits per heavy atom. The minimum absolute atomic E-state index is 0.203. The standard InChI is InChI=1S/C11H11N7O/c12-4-9(10(13)14)18-17-8-3-1-2-7-6(8)5-15-11(19)16-7/h1-3,17H,5H2,(H3,13,14)(H2,15,16,19)/b18-9+. The SMILES string of the molecule is N#C/C(=N\Nc1cccc2c1CNC(=O)N2)C(=N)N. The molecule has 6 N–H and O–H groups in total. The molecular weight excluding hydrogens is 246 g/mol. The molecule has 0 aliphatic carbocycles. The van der Waals surface area contributed by atoms with Gasteiger partial charge in [0, 0.05) is 17.8 Å². The number of amidine groups is 1. The van der Waals surface area contributed by atoms with Gasteiger partial charge in [-0.05, 0) is 12.1 Å². The van der Waals surface area contributed by atoms with Gasteiger partial charge in [0.15, 0.2) is 5.84 Å². The van der Waals surface area contributed by atoms with Crippen molar-refractivity contribution in [3.63, 3.8) is 0 Å². The van der Waals surface area contributed by atoms with E-state index in [2.05, 4.69) is 21.2 Å². The van der Waals surface area contributed by atoms with E-state index in [1.807, 2.05) is 0 Å². The van der Waals surface area contributed by atoms with Crippen molar-refractivity contribution in [2.24, 2.45) is 10.8 Å². The normalized spacial score (nSPS) is 13.6. The van der Waals surface area contributed by atoms with Crippen molar-refractivity contribution in [1.82, 2.24) is 5.32 Å². The lowest BCUT2D eigenvalue weighted by Gasteiger charge is -2.20. The van der Waals surface area contributed by atoms with Crippen LogP contribution in [0.15, 0.2) is 23.3 Å². The van der Waals surface area contributed by atoms with Crippen LogP contribution in [0.4, 0.5) is 16.2 Å². The van der Waals surface area contributed by atoms with E-state index in [4.69, 9.17) is 16.4 Å². The summed E-state index contributed by atoms with van der Waals surface area (Å²) < 4.78 is 0. The van der Waals surface area contributed by atoms with Gasteiger partial charge in [0.05, 0.1) is 5.69 Å². The van der Waals surface area contributed by atoms with Crippen LogP contribution in [0.2, 0.25) is 0 Å². The summed E-state index contributed by atoms with van der Waals surface area (Å²) in [6.07, 6.45) is 0. The van der Waals surface area contributed by atoms with Crippen molar-refractivity contribution in [3.8, 4) is 6.07 Å². The number of hydrogen-bond acceptors (Lipinski definition) is 5. The number of carbonyl (C=O) groups is 1. The topological polar surface area (TPSA) is 139 Å². The van der Waals surface area contributed by atoms with E-state index in [1.54, 1.807) is 24.3 Å². The molecule has 0 radical (unpaired) electrons. The second kappa shape index (κ2) is 5.05. The molecule has 1 aliphatic heterocycles. The zero-order valence-electron chi connectivity index (χ0n) is 9.82. The number of anilines is 2. The molecule has 0 saturated heterocycles. The van der Waals surface area contributed by atoms with Gasteiger partial charge in [-0.15, -0.1) is 0 Å². The Balaban J connectivity index is 2.28.